The van der Waals surface area contributed by atoms with E-state index < -0.39 is 10.0 Å². The number of piperidine rings is 1. The number of carbonyl (C=O) groups is 1. The number of hydrogen-bond acceptors (Lipinski definition) is 3. The number of anilines is 1. The van der Waals surface area contributed by atoms with E-state index in [-0.39, 0.29) is 33.0 Å². The van der Waals surface area contributed by atoms with E-state index >= 15 is 0 Å². The van der Waals surface area contributed by atoms with Gasteiger partial charge in [0.2, 0.25) is 0 Å². The molecule has 162 valence electrons. The fourth-order valence-corrected chi connectivity index (χ4v) is 6.40. The Hall–Kier alpha value is -1.76. The van der Waals surface area contributed by atoms with E-state index in [1.807, 2.05) is 6.07 Å². The van der Waals surface area contributed by atoms with Crippen molar-refractivity contribution in [2.45, 2.75) is 32.1 Å². The highest BCUT2D eigenvalue weighted by Gasteiger charge is 2.31. The second kappa shape index (κ2) is 9.16. The van der Waals surface area contributed by atoms with Crippen LogP contribution in [0.3, 0.4) is 0 Å². The first-order valence-corrected chi connectivity index (χ1v) is 12.2. The molecule has 2 aromatic rings. The average molecular weight is 469 g/mol. The smallest absolute Gasteiger partial charge is 0.265 e. The van der Waals surface area contributed by atoms with Crippen LogP contribution in [-0.4, -0.2) is 38.9 Å². The molecular weight excluding hydrogens is 443 g/mol. The maximum Gasteiger partial charge on any atom is 0.265 e. The highest BCUT2D eigenvalue weighted by Crippen LogP contribution is 2.34. The van der Waals surface area contributed by atoms with Crippen LogP contribution in [-0.2, 0) is 10.0 Å². The monoisotopic (exact) mass is 468 g/mol. The minimum Gasteiger partial charge on any atom is -0.338 e. The van der Waals surface area contributed by atoms with Crippen LogP contribution in [0.25, 0.3) is 0 Å². The van der Waals surface area contributed by atoms with Crippen LogP contribution in [0.4, 0.5) is 5.69 Å². The fourth-order valence-electron chi connectivity index (χ4n) is 4.09. The van der Waals surface area contributed by atoms with Gasteiger partial charge in [-0.15, -0.1) is 0 Å². The molecule has 0 spiro atoms. The number of hydrogen-bond donors (Lipinski definition) is 0. The Kier molecular flexibility index (Phi) is 7.00. The maximum atomic E-state index is 13.4. The molecule has 1 fully saturated rings. The fraction of sp³-hybridized carbons (Fsp3) is 0.409. The van der Waals surface area contributed by atoms with E-state index in [1.54, 1.807) is 36.1 Å². The molecule has 30 heavy (non-hydrogen) atoms. The molecule has 1 heterocycles. The number of para-hydroxylation sites is 1. The molecule has 1 saturated heterocycles. The van der Waals surface area contributed by atoms with Crippen molar-refractivity contribution in [3.63, 3.8) is 0 Å². The van der Waals surface area contributed by atoms with Crippen molar-refractivity contribution >= 4 is 44.8 Å². The minimum atomic E-state index is -3.99. The van der Waals surface area contributed by atoms with E-state index in [0.717, 1.165) is 6.42 Å². The van der Waals surface area contributed by atoms with Gasteiger partial charge in [0.1, 0.15) is 4.90 Å². The Morgan fingerprint density at radius 3 is 2.23 bits per heavy atom. The molecule has 1 aliphatic rings. The lowest BCUT2D eigenvalue weighted by Crippen LogP contribution is -2.42. The van der Waals surface area contributed by atoms with Crippen molar-refractivity contribution in [3.05, 3.63) is 58.1 Å². The first kappa shape index (κ1) is 22.9. The summed E-state index contributed by atoms with van der Waals surface area (Å²) in [5.41, 5.74) is 0.683. The summed E-state index contributed by atoms with van der Waals surface area (Å²) in [5, 5.41) is 0.143. The van der Waals surface area contributed by atoms with Crippen LogP contribution in [0.1, 0.15) is 37.6 Å². The Morgan fingerprint density at radius 1 is 1.07 bits per heavy atom. The lowest BCUT2D eigenvalue weighted by atomic mass is 9.91. The Morgan fingerprint density at radius 2 is 1.67 bits per heavy atom. The van der Waals surface area contributed by atoms with Gasteiger partial charge in [-0.05, 0) is 49.4 Å². The quantitative estimate of drug-likeness (QED) is 0.595. The predicted octanol–water partition coefficient (Wildman–Crippen LogP) is 5.33. The largest absolute Gasteiger partial charge is 0.338 e. The van der Waals surface area contributed by atoms with Crippen LogP contribution in [0.5, 0.6) is 0 Å². The van der Waals surface area contributed by atoms with Crippen molar-refractivity contribution < 1.29 is 13.2 Å². The van der Waals surface area contributed by atoms with Gasteiger partial charge in [-0.2, -0.15) is 0 Å². The zero-order valence-electron chi connectivity index (χ0n) is 17.3. The molecule has 0 aromatic heterocycles. The highest BCUT2D eigenvalue weighted by atomic mass is 35.5. The molecule has 0 bridgehead atoms. The van der Waals surface area contributed by atoms with Crippen LogP contribution in [0.2, 0.25) is 10.0 Å². The Labute approximate surface area is 188 Å². The summed E-state index contributed by atoms with van der Waals surface area (Å²) in [4.78, 5) is 14.8. The molecule has 1 amide bonds. The normalized spacial score (nSPS) is 19.6. The highest BCUT2D eigenvalue weighted by molar-refractivity contribution is 7.93. The van der Waals surface area contributed by atoms with Crippen LogP contribution in [0.15, 0.2) is 47.4 Å². The maximum absolute atomic E-state index is 13.4. The molecule has 2 aromatic carbocycles. The number of benzene rings is 2. The van der Waals surface area contributed by atoms with Gasteiger partial charge in [-0.3, -0.25) is 9.10 Å². The Balaban J connectivity index is 2.03. The second-order valence-corrected chi connectivity index (χ2v) is 10.6. The summed E-state index contributed by atoms with van der Waals surface area (Å²) >= 11 is 12.6. The number of sulfonamides is 1. The third-order valence-electron chi connectivity index (χ3n) is 5.31. The molecule has 0 saturated carbocycles. The van der Waals surface area contributed by atoms with E-state index in [0.29, 0.717) is 30.6 Å². The standard InChI is InChI=1S/C22H26Cl2N2O3S/c1-4-26(17-8-6-5-7-9-17)30(28,29)21-11-18(19(23)12-20(21)24)22(27)25-13-15(2)10-16(3)14-25/h5-9,11-12,15-16H,4,10,13-14H2,1-3H3/t15-,16+. The zero-order chi connectivity index (χ0) is 22.1. The number of amides is 1. The lowest BCUT2D eigenvalue weighted by molar-refractivity contribution is 0.0623. The summed E-state index contributed by atoms with van der Waals surface area (Å²) in [7, 11) is -3.99. The first-order chi connectivity index (χ1) is 14.1. The van der Waals surface area contributed by atoms with Crippen molar-refractivity contribution in [2.24, 2.45) is 11.8 Å². The predicted molar refractivity (Wildman–Crippen MR) is 122 cm³/mol. The number of likely N-dealkylation sites (tertiary alicyclic amines) is 1. The molecular formula is C22H26Cl2N2O3S. The van der Waals surface area contributed by atoms with Crippen molar-refractivity contribution in [3.8, 4) is 0 Å². The molecule has 5 nitrogen and oxygen atoms in total. The third-order valence-corrected chi connectivity index (χ3v) is 7.99. The average Bonchev–Trinajstić information content (AvgIpc) is 2.67. The van der Waals surface area contributed by atoms with Gasteiger partial charge < -0.3 is 4.90 Å². The SMILES string of the molecule is CCN(c1ccccc1)S(=O)(=O)c1cc(C(=O)N2C[C@H](C)C[C@H](C)C2)c(Cl)cc1Cl. The summed E-state index contributed by atoms with van der Waals surface area (Å²) in [6, 6.07) is 11.4. The van der Waals surface area contributed by atoms with Crippen LogP contribution >= 0.6 is 23.2 Å². The summed E-state index contributed by atoms with van der Waals surface area (Å²) < 4.78 is 28.1. The van der Waals surface area contributed by atoms with Crippen molar-refractivity contribution in [1.29, 1.82) is 0 Å². The molecule has 0 radical (unpaired) electrons. The molecule has 8 heteroatoms. The molecule has 1 aliphatic heterocycles. The molecule has 0 aliphatic carbocycles. The number of carbonyl (C=O) groups excluding carboxylic acids is 1. The van der Waals surface area contributed by atoms with Crippen molar-refractivity contribution in [2.75, 3.05) is 23.9 Å². The minimum absolute atomic E-state index is 0.00805. The number of nitrogens with zero attached hydrogens (tertiary/aromatic N) is 2. The van der Waals surface area contributed by atoms with E-state index in [4.69, 9.17) is 23.2 Å². The van der Waals surface area contributed by atoms with Gasteiger partial charge in [0.15, 0.2) is 0 Å². The van der Waals surface area contributed by atoms with Gasteiger partial charge in [0.05, 0.1) is 21.3 Å². The van der Waals surface area contributed by atoms with Gasteiger partial charge in [-0.25, -0.2) is 8.42 Å². The number of halogens is 2. The van der Waals surface area contributed by atoms with Crippen molar-refractivity contribution in [1.82, 2.24) is 4.90 Å². The third kappa shape index (κ3) is 4.61. The van der Waals surface area contributed by atoms with Gasteiger partial charge in [0, 0.05) is 19.6 Å². The second-order valence-electron chi connectivity index (χ2n) is 7.92. The summed E-state index contributed by atoms with van der Waals surface area (Å²) in [5.74, 6) is 0.482. The molecule has 0 unspecified atom stereocenters. The van der Waals surface area contributed by atoms with E-state index in [1.165, 1.54) is 16.4 Å². The topological polar surface area (TPSA) is 57.7 Å². The molecule has 3 rings (SSSR count). The lowest BCUT2D eigenvalue weighted by Gasteiger charge is -2.35. The molecule has 0 N–H and O–H groups in total. The van der Waals surface area contributed by atoms with E-state index in [9.17, 15) is 13.2 Å². The first-order valence-electron chi connectivity index (χ1n) is 10.0. The van der Waals surface area contributed by atoms with Crippen LogP contribution in [0, 0.1) is 11.8 Å². The molecule has 2 atom stereocenters. The Bertz CT molecular complexity index is 1020. The summed E-state index contributed by atoms with van der Waals surface area (Å²) in [6.45, 7) is 7.42. The zero-order valence-corrected chi connectivity index (χ0v) is 19.6. The van der Waals surface area contributed by atoms with Gasteiger partial charge in [-0.1, -0.05) is 55.2 Å². The summed E-state index contributed by atoms with van der Waals surface area (Å²) in [6.07, 6.45) is 1.06. The number of rotatable bonds is 5. The van der Waals surface area contributed by atoms with E-state index in [2.05, 4.69) is 13.8 Å². The van der Waals surface area contributed by atoms with Crippen LogP contribution < -0.4 is 4.31 Å². The van der Waals surface area contributed by atoms with Gasteiger partial charge >= 0.3 is 0 Å². The van der Waals surface area contributed by atoms with Gasteiger partial charge in [0.25, 0.3) is 15.9 Å².